The van der Waals surface area contributed by atoms with Gasteiger partial charge in [0.1, 0.15) is 11.6 Å². The van der Waals surface area contributed by atoms with E-state index >= 15 is 0 Å². The van der Waals surface area contributed by atoms with E-state index in [0.29, 0.717) is 16.5 Å². The van der Waals surface area contributed by atoms with Crippen LogP contribution in [0.2, 0.25) is 0 Å². The van der Waals surface area contributed by atoms with Crippen LogP contribution in [0.1, 0.15) is 17.7 Å². The highest BCUT2D eigenvalue weighted by Gasteiger charge is 2.16. The van der Waals surface area contributed by atoms with Crippen molar-refractivity contribution in [1.82, 2.24) is 14.9 Å². The molecule has 1 aromatic heterocycles. The molecule has 23 heavy (non-hydrogen) atoms. The third-order valence-electron chi connectivity index (χ3n) is 3.37. The number of rotatable bonds is 4. The lowest BCUT2D eigenvalue weighted by atomic mass is 10.2. The summed E-state index contributed by atoms with van der Waals surface area (Å²) in [5.41, 5.74) is 1.51. The Morgan fingerprint density at radius 3 is 2.48 bits per heavy atom. The normalized spacial score (nSPS) is 12.3. The monoisotopic (exact) mass is 332 g/mol. The van der Waals surface area contributed by atoms with Crippen molar-refractivity contribution in [3.05, 3.63) is 65.7 Å². The molecule has 0 spiro atoms. The van der Waals surface area contributed by atoms with Crippen molar-refractivity contribution in [3.63, 3.8) is 0 Å². The van der Waals surface area contributed by atoms with Crippen LogP contribution < -0.4 is 5.84 Å². The van der Waals surface area contributed by atoms with Gasteiger partial charge in [-0.25, -0.2) is 13.5 Å². The number of nitrogen functional groups attached to an aromatic ring is 1. The number of hydrogen-bond donors (Lipinski definition) is 1. The van der Waals surface area contributed by atoms with Gasteiger partial charge in [-0.15, -0.1) is 10.2 Å². The van der Waals surface area contributed by atoms with Crippen LogP contribution in [-0.2, 0) is 0 Å². The molecular formula is C16H14F2N4S. The number of halogens is 2. The average molecular weight is 332 g/mol. The van der Waals surface area contributed by atoms with Crippen molar-refractivity contribution >= 4 is 11.8 Å². The molecule has 1 heterocycles. The molecule has 0 amide bonds. The molecule has 118 valence electrons. The van der Waals surface area contributed by atoms with Crippen molar-refractivity contribution < 1.29 is 8.78 Å². The fourth-order valence-electron chi connectivity index (χ4n) is 2.14. The highest BCUT2D eigenvalue weighted by Crippen LogP contribution is 2.34. The van der Waals surface area contributed by atoms with Crippen molar-refractivity contribution in [2.45, 2.75) is 17.3 Å². The van der Waals surface area contributed by atoms with E-state index in [2.05, 4.69) is 10.2 Å². The summed E-state index contributed by atoms with van der Waals surface area (Å²) in [6.07, 6.45) is 0. The van der Waals surface area contributed by atoms with E-state index in [4.69, 9.17) is 5.84 Å². The summed E-state index contributed by atoms with van der Waals surface area (Å²) in [7, 11) is 0. The van der Waals surface area contributed by atoms with Crippen LogP contribution in [0.5, 0.6) is 0 Å². The van der Waals surface area contributed by atoms with Gasteiger partial charge in [-0.05, 0) is 36.8 Å². The van der Waals surface area contributed by atoms with E-state index in [9.17, 15) is 8.78 Å². The van der Waals surface area contributed by atoms with Crippen molar-refractivity contribution in [2.75, 3.05) is 5.84 Å². The predicted molar refractivity (Wildman–Crippen MR) is 86.2 cm³/mol. The van der Waals surface area contributed by atoms with E-state index < -0.39 is 0 Å². The van der Waals surface area contributed by atoms with Crippen LogP contribution in [0.4, 0.5) is 8.78 Å². The van der Waals surface area contributed by atoms with Crippen molar-refractivity contribution in [3.8, 4) is 11.4 Å². The van der Waals surface area contributed by atoms with Gasteiger partial charge < -0.3 is 5.84 Å². The zero-order chi connectivity index (χ0) is 16.4. The van der Waals surface area contributed by atoms with Crippen LogP contribution in [0.25, 0.3) is 11.4 Å². The summed E-state index contributed by atoms with van der Waals surface area (Å²) in [6.45, 7) is 1.97. The molecule has 3 rings (SSSR count). The minimum absolute atomic E-state index is 0.0162. The highest BCUT2D eigenvalue weighted by atomic mass is 32.2. The molecular weight excluding hydrogens is 318 g/mol. The van der Waals surface area contributed by atoms with Crippen molar-refractivity contribution in [2.24, 2.45) is 0 Å². The van der Waals surface area contributed by atoms with Gasteiger partial charge in [0.15, 0.2) is 5.82 Å². The largest absolute Gasteiger partial charge is 0.335 e. The molecule has 3 aromatic rings. The van der Waals surface area contributed by atoms with Gasteiger partial charge in [-0.2, -0.15) is 0 Å². The fourth-order valence-corrected chi connectivity index (χ4v) is 3.04. The first kappa shape index (κ1) is 15.5. The number of nitrogens with zero attached hydrogens (tertiary/aromatic N) is 3. The van der Waals surface area contributed by atoms with Gasteiger partial charge in [0.2, 0.25) is 5.16 Å². The van der Waals surface area contributed by atoms with Gasteiger partial charge in [0, 0.05) is 10.8 Å². The lowest BCUT2D eigenvalue weighted by molar-refractivity contribution is 0.627. The summed E-state index contributed by atoms with van der Waals surface area (Å²) in [6, 6.07) is 12.3. The minimum Gasteiger partial charge on any atom is -0.335 e. The molecule has 2 aromatic carbocycles. The molecule has 0 saturated carbocycles. The summed E-state index contributed by atoms with van der Waals surface area (Å²) in [5.74, 6) is 5.77. The van der Waals surface area contributed by atoms with Gasteiger partial charge in [-0.3, -0.25) is 0 Å². The summed E-state index contributed by atoms with van der Waals surface area (Å²) in [5, 5.41) is 8.60. The van der Waals surface area contributed by atoms with Gasteiger partial charge in [-0.1, -0.05) is 36.0 Å². The number of aromatic nitrogens is 3. The first-order valence-corrected chi connectivity index (χ1v) is 7.81. The second kappa shape index (κ2) is 6.37. The zero-order valence-corrected chi connectivity index (χ0v) is 13.1. The Hall–Kier alpha value is -2.41. The maximum Gasteiger partial charge on any atom is 0.210 e. The standard InChI is InChI=1S/C16H14F2N4S/c1-10(11-5-7-13(17)8-6-11)23-16-21-20-15(22(16)19)12-3-2-4-14(18)9-12/h2-10H,19H2,1H3/t10-/m1/s1. The first-order chi connectivity index (χ1) is 11.0. The minimum atomic E-state index is -0.362. The van der Waals surface area contributed by atoms with Gasteiger partial charge in [0.25, 0.3) is 0 Å². The third-order valence-corrected chi connectivity index (χ3v) is 4.48. The number of hydrogen-bond acceptors (Lipinski definition) is 4. The second-order valence-corrected chi connectivity index (χ2v) is 6.31. The van der Waals surface area contributed by atoms with Crippen LogP contribution in [-0.4, -0.2) is 14.9 Å². The predicted octanol–water partition coefficient (Wildman–Crippen LogP) is 3.79. The summed E-state index contributed by atoms with van der Waals surface area (Å²) in [4.78, 5) is 0. The van der Waals surface area contributed by atoms with E-state index in [1.165, 1.54) is 40.7 Å². The second-order valence-electron chi connectivity index (χ2n) is 5.00. The maximum absolute atomic E-state index is 13.3. The Morgan fingerprint density at radius 2 is 1.78 bits per heavy atom. The van der Waals surface area contributed by atoms with Gasteiger partial charge >= 0.3 is 0 Å². The molecule has 0 aliphatic rings. The van der Waals surface area contributed by atoms with E-state index in [1.807, 2.05) is 6.92 Å². The molecule has 0 aliphatic heterocycles. The zero-order valence-electron chi connectivity index (χ0n) is 12.3. The molecule has 0 bridgehead atoms. The Labute approximate surface area is 136 Å². The number of thioether (sulfide) groups is 1. The molecule has 1 atom stereocenters. The molecule has 0 unspecified atom stereocenters. The van der Waals surface area contributed by atoms with Crippen LogP contribution in [0.15, 0.2) is 53.7 Å². The molecule has 0 saturated heterocycles. The molecule has 0 aliphatic carbocycles. The lowest BCUT2D eigenvalue weighted by Crippen LogP contribution is -2.12. The van der Waals surface area contributed by atoms with Crippen molar-refractivity contribution in [1.29, 1.82) is 0 Å². The Balaban J connectivity index is 1.83. The third kappa shape index (κ3) is 3.34. The molecule has 7 heteroatoms. The average Bonchev–Trinajstić information content (AvgIpc) is 2.89. The molecule has 0 radical (unpaired) electrons. The topological polar surface area (TPSA) is 56.7 Å². The number of nitrogens with two attached hydrogens (primary N) is 1. The van der Waals surface area contributed by atoms with Crippen LogP contribution >= 0.6 is 11.8 Å². The van der Waals surface area contributed by atoms with Gasteiger partial charge in [0.05, 0.1) is 0 Å². The smallest absolute Gasteiger partial charge is 0.210 e. The molecule has 2 N–H and O–H groups in total. The quantitative estimate of drug-likeness (QED) is 0.583. The fraction of sp³-hybridized carbons (Fsp3) is 0.125. The van der Waals surface area contributed by atoms with E-state index in [1.54, 1.807) is 24.3 Å². The van der Waals surface area contributed by atoms with E-state index in [-0.39, 0.29) is 16.9 Å². The highest BCUT2D eigenvalue weighted by molar-refractivity contribution is 7.99. The molecule has 4 nitrogen and oxygen atoms in total. The SMILES string of the molecule is C[C@@H](Sc1nnc(-c2cccc(F)c2)n1N)c1ccc(F)cc1. The van der Waals surface area contributed by atoms with Crippen LogP contribution in [0.3, 0.4) is 0 Å². The molecule has 0 fully saturated rings. The Kier molecular flexibility index (Phi) is 4.29. The van der Waals surface area contributed by atoms with E-state index in [0.717, 1.165) is 5.56 Å². The lowest BCUT2D eigenvalue weighted by Gasteiger charge is -2.11. The summed E-state index contributed by atoms with van der Waals surface area (Å²) < 4.78 is 27.6. The summed E-state index contributed by atoms with van der Waals surface area (Å²) >= 11 is 1.40. The Morgan fingerprint density at radius 1 is 1.04 bits per heavy atom. The van der Waals surface area contributed by atoms with Crippen LogP contribution in [0, 0.1) is 11.6 Å². The number of benzene rings is 2. The Bertz CT molecular complexity index is 817. The first-order valence-electron chi connectivity index (χ1n) is 6.93. The maximum atomic E-state index is 13.3.